The number of hydrogen-bond acceptors (Lipinski definition) is 7. The van der Waals surface area contributed by atoms with E-state index in [1.165, 1.54) is 36.6 Å². The van der Waals surface area contributed by atoms with Crippen LogP contribution >= 0.6 is 11.3 Å². The van der Waals surface area contributed by atoms with Crippen LogP contribution in [0.3, 0.4) is 0 Å². The maximum absolute atomic E-state index is 12.6. The Morgan fingerprint density at radius 2 is 1.97 bits per heavy atom. The Morgan fingerprint density at radius 1 is 1.17 bits per heavy atom. The minimum atomic E-state index is -0.610. The fourth-order valence-electron chi connectivity index (χ4n) is 2.95. The van der Waals surface area contributed by atoms with Gasteiger partial charge in [-0.25, -0.2) is 4.98 Å². The lowest BCUT2D eigenvalue weighted by molar-refractivity contribution is -0.385. The van der Waals surface area contributed by atoms with Gasteiger partial charge in [0, 0.05) is 17.3 Å². The van der Waals surface area contributed by atoms with Gasteiger partial charge in [0.05, 0.1) is 27.8 Å². The van der Waals surface area contributed by atoms with E-state index in [2.05, 4.69) is 10.3 Å². The van der Waals surface area contributed by atoms with Gasteiger partial charge in [-0.05, 0) is 42.5 Å². The molecule has 0 aliphatic rings. The summed E-state index contributed by atoms with van der Waals surface area (Å²) in [6, 6.07) is 16.2. The van der Waals surface area contributed by atoms with Crippen LogP contribution in [0, 0.1) is 10.1 Å². The molecule has 0 radical (unpaired) electrons. The number of amides is 1. The number of benzene rings is 3. The maximum atomic E-state index is 12.6. The number of fused-ring (bicyclic) bond motifs is 1. The zero-order valence-corrected chi connectivity index (χ0v) is 16.5. The van der Waals surface area contributed by atoms with Crippen molar-refractivity contribution in [1.82, 2.24) is 4.98 Å². The number of nitro benzene ring substituents is 1. The summed E-state index contributed by atoms with van der Waals surface area (Å²) >= 11 is 1.43. The SMILES string of the molecule is COc1ccc(C(=O)Nc2ccc(O)c(-c3nc4ccccc4s3)c2)cc1[N+](=O)[O-]. The number of para-hydroxylation sites is 1. The minimum Gasteiger partial charge on any atom is -0.507 e. The number of anilines is 1. The summed E-state index contributed by atoms with van der Waals surface area (Å²) in [6.45, 7) is 0. The number of nitrogens with one attached hydrogen (secondary N) is 1. The minimum absolute atomic E-state index is 0.0344. The van der Waals surface area contributed by atoms with Crippen molar-refractivity contribution in [1.29, 1.82) is 0 Å². The van der Waals surface area contributed by atoms with Crippen LogP contribution in [0.25, 0.3) is 20.8 Å². The summed E-state index contributed by atoms with van der Waals surface area (Å²) in [5, 5.41) is 24.8. The highest BCUT2D eigenvalue weighted by molar-refractivity contribution is 7.21. The molecule has 0 aliphatic carbocycles. The molecule has 4 aromatic rings. The fraction of sp³-hybridized carbons (Fsp3) is 0.0476. The molecule has 0 spiro atoms. The third kappa shape index (κ3) is 3.65. The Hall–Kier alpha value is -3.98. The average molecular weight is 421 g/mol. The lowest BCUT2D eigenvalue weighted by Gasteiger charge is -2.09. The summed E-state index contributed by atoms with van der Waals surface area (Å²) < 4.78 is 5.93. The molecule has 3 aromatic carbocycles. The lowest BCUT2D eigenvalue weighted by Crippen LogP contribution is -2.12. The average Bonchev–Trinajstić information content (AvgIpc) is 3.18. The molecule has 0 saturated heterocycles. The number of aromatic nitrogens is 1. The molecule has 4 rings (SSSR count). The van der Waals surface area contributed by atoms with Crippen molar-refractivity contribution in [2.75, 3.05) is 12.4 Å². The zero-order valence-electron chi connectivity index (χ0n) is 15.7. The number of carbonyl (C=O) groups is 1. The number of rotatable bonds is 5. The molecule has 0 bridgehead atoms. The molecule has 150 valence electrons. The van der Waals surface area contributed by atoms with Gasteiger partial charge in [0.1, 0.15) is 10.8 Å². The number of carbonyl (C=O) groups excluding carboxylic acids is 1. The van der Waals surface area contributed by atoms with Crippen molar-refractivity contribution in [3.63, 3.8) is 0 Å². The Bertz CT molecular complexity index is 1250. The highest BCUT2D eigenvalue weighted by atomic mass is 32.1. The van der Waals surface area contributed by atoms with Crippen LogP contribution in [0.4, 0.5) is 11.4 Å². The van der Waals surface area contributed by atoms with Crippen LogP contribution in [-0.2, 0) is 0 Å². The number of thiazole rings is 1. The summed E-state index contributed by atoms with van der Waals surface area (Å²) in [7, 11) is 1.32. The Labute approximate surface area is 174 Å². The molecule has 30 heavy (non-hydrogen) atoms. The second-order valence-corrected chi connectivity index (χ2v) is 7.35. The first-order valence-electron chi connectivity index (χ1n) is 8.79. The van der Waals surface area contributed by atoms with Crippen molar-refractivity contribution in [3.05, 3.63) is 76.3 Å². The summed E-state index contributed by atoms with van der Waals surface area (Å²) in [5.74, 6) is -0.423. The van der Waals surface area contributed by atoms with Gasteiger partial charge in [-0.3, -0.25) is 14.9 Å². The first-order valence-corrected chi connectivity index (χ1v) is 9.60. The van der Waals surface area contributed by atoms with E-state index in [1.54, 1.807) is 12.1 Å². The molecule has 0 aliphatic heterocycles. The lowest BCUT2D eigenvalue weighted by atomic mass is 10.1. The number of methoxy groups -OCH3 is 1. The van der Waals surface area contributed by atoms with Crippen molar-refractivity contribution in [2.24, 2.45) is 0 Å². The molecule has 9 heteroatoms. The summed E-state index contributed by atoms with van der Waals surface area (Å²) in [4.78, 5) is 27.7. The van der Waals surface area contributed by atoms with E-state index in [-0.39, 0.29) is 22.7 Å². The predicted molar refractivity (Wildman–Crippen MR) is 114 cm³/mol. The van der Waals surface area contributed by atoms with Gasteiger partial charge in [-0.15, -0.1) is 11.3 Å². The van der Waals surface area contributed by atoms with Crippen LogP contribution in [0.2, 0.25) is 0 Å². The van der Waals surface area contributed by atoms with Gasteiger partial charge in [0.15, 0.2) is 5.75 Å². The first kappa shape index (κ1) is 19.3. The van der Waals surface area contributed by atoms with E-state index < -0.39 is 10.8 Å². The number of ether oxygens (including phenoxy) is 1. The Kier molecular flexibility index (Phi) is 5.03. The van der Waals surface area contributed by atoms with E-state index in [0.29, 0.717) is 16.3 Å². The van der Waals surface area contributed by atoms with Gasteiger partial charge >= 0.3 is 5.69 Å². The van der Waals surface area contributed by atoms with Crippen LogP contribution in [0.1, 0.15) is 10.4 Å². The highest BCUT2D eigenvalue weighted by Gasteiger charge is 2.19. The first-order chi connectivity index (χ1) is 14.5. The van der Waals surface area contributed by atoms with Gasteiger partial charge in [-0.2, -0.15) is 0 Å². The van der Waals surface area contributed by atoms with E-state index in [1.807, 2.05) is 24.3 Å². The normalized spacial score (nSPS) is 10.7. The van der Waals surface area contributed by atoms with Crippen molar-refractivity contribution in [2.45, 2.75) is 0 Å². The monoisotopic (exact) mass is 421 g/mol. The van der Waals surface area contributed by atoms with E-state index in [9.17, 15) is 20.0 Å². The van der Waals surface area contributed by atoms with Gasteiger partial charge in [0.25, 0.3) is 5.91 Å². The largest absolute Gasteiger partial charge is 0.507 e. The molecule has 0 unspecified atom stereocenters. The second kappa shape index (κ2) is 7.80. The van der Waals surface area contributed by atoms with Gasteiger partial charge in [0.2, 0.25) is 0 Å². The third-order valence-electron chi connectivity index (χ3n) is 4.42. The molecule has 1 aromatic heterocycles. The van der Waals surface area contributed by atoms with E-state index in [0.717, 1.165) is 16.3 Å². The third-order valence-corrected chi connectivity index (χ3v) is 5.49. The molecular formula is C21H15N3O5S. The van der Waals surface area contributed by atoms with Gasteiger partial charge < -0.3 is 15.2 Å². The van der Waals surface area contributed by atoms with Crippen molar-refractivity contribution in [3.8, 4) is 22.1 Å². The predicted octanol–water partition coefficient (Wildman–Crippen LogP) is 4.84. The van der Waals surface area contributed by atoms with E-state index >= 15 is 0 Å². The highest BCUT2D eigenvalue weighted by Crippen LogP contribution is 2.37. The number of nitrogens with zero attached hydrogens (tertiary/aromatic N) is 2. The summed E-state index contributed by atoms with van der Waals surface area (Å²) in [6.07, 6.45) is 0. The van der Waals surface area contributed by atoms with Crippen LogP contribution in [0.15, 0.2) is 60.7 Å². The topological polar surface area (TPSA) is 115 Å². The number of phenols is 1. The number of phenolic OH excluding ortho intramolecular Hbond substituents is 1. The van der Waals surface area contributed by atoms with Crippen LogP contribution < -0.4 is 10.1 Å². The van der Waals surface area contributed by atoms with Crippen molar-refractivity contribution >= 4 is 38.8 Å². The van der Waals surface area contributed by atoms with E-state index in [4.69, 9.17) is 4.74 Å². The number of aromatic hydroxyl groups is 1. The number of nitro groups is 1. The fourth-order valence-corrected chi connectivity index (χ4v) is 3.94. The Balaban J connectivity index is 1.64. The maximum Gasteiger partial charge on any atom is 0.311 e. The molecule has 8 nitrogen and oxygen atoms in total. The zero-order chi connectivity index (χ0) is 21.3. The Morgan fingerprint density at radius 3 is 2.70 bits per heavy atom. The summed E-state index contributed by atoms with van der Waals surface area (Å²) in [5.41, 5.74) is 1.53. The smallest absolute Gasteiger partial charge is 0.311 e. The van der Waals surface area contributed by atoms with Crippen LogP contribution in [-0.4, -0.2) is 28.0 Å². The van der Waals surface area contributed by atoms with Crippen molar-refractivity contribution < 1.29 is 19.6 Å². The van der Waals surface area contributed by atoms with Crippen LogP contribution in [0.5, 0.6) is 11.5 Å². The quantitative estimate of drug-likeness (QED) is 0.271. The molecule has 0 fully saturated rings. The van der Waals surface area contributed by atoms with Gasteiger partial charge in [-0.1, -0.05) is 12.1 Å². The standard InChI is InChI=1S/C21H15N3O5S/c1-29-18-9-6-12(10-16(18)24(27)28)20(26)22-13-7-8-17(25)14(11-13)21-23-15-4-2-3-5-19(15)30-21/h2-11,25H,1H3,(H,22,26). The molecule has 0 saturated carbocycles. The molecular weight excluding hydrogens is 406 g/mol. The molecule has 0 atom stereocenters. The molecule has 1 amide bonds. The second-order valence-electron chi connectivity index (χ2n) is 6.32. The molecule has 1 heterocycles. The molecule has 2 N–H and O–H groups in total. The number of hydrogen-bond donors (Lipinski definition) is 2.